The van der Waals surface area contributed by atoms with Crippen LogP contribution in [0.15, 0.2) is 35.9 Å². The number of hydrogen-bond donors (Lipinski definition) is 1. The van der Waals surface area contributed by atoms with Gasteiger partial charge in [-0.05, 0) is 43.5 Å². The van der Waals surface area contributed by atoms with Crippen LogP contribution in [-0.4, -0.2) is 68.9 Å². The Hall–Kier alpha value is -3.43. The Morgan fingerprint density at radius 1 is 1.05 bits per heavy atom. The van der Waals surface area contributed by atoms with Crippen LogP contribution >= 0.6 is 11.6 Å². The maximum Gasteiger partial charge on any atom is 0.295 e. The van der Waals surface area contributed by atoms with E-state index in [0.29, 0.717) is 36.0 Å². The summed E-state index contributed by atoms with van der Waals surface area (Å²) in [6, 6.07) is 7.22. The Bertz CT molecular complexity index is 1220. The van der Waals surface area contributed by atoms with Gasteiger partial charge < -0.3 is 33.7 Å². The minimum Gasteiger partial charge on any atom is -0.507 e. The van der Waals surface area contributed by atoms with Gasteiger partial charge >= 0.3 is 0 Å². The second-order valence-corrected chi connectivity index (χ2v) is 9.02. The van der Waals surface area contributed by atoms with Crippen molar-refractivity contribution in [1.29, 1.82) is 0 Å². The number of nitrogens with zero attached hydrogens (tertiary/aromatic N) is 1. The Morgan fingerprint density at radius 3 is 2.41 bits per heavy atom. The lowest BCUT2D eigenvalue weighted by Crippen LogP contribution is -2.36. The largest absolute Gasteiger partial charge is 0.507 e. The summed E-state index contributed by atoms with van der Waals surface area (Å²) in [6.07, 6.45) is 1.43. The van der Waals surface area contributed by atoms with Gasteiger partial charge in [0.25, 0.3) is 11.7 Å². The van der Waals surface area contributed by atoms with Crippen LogP contribution in [0.2, 0.25) is 5.02 Å². The number of ether oxygens (including phenoxy) is 5. The van der Waals surface area contributed by atoms with Crippen molar-refractivity contribution in [3.05, 3.63) is 52.1 Å². The van der Waals surface area contributed by atoms with Crippen molar-refractivity contribution in [2.45, 2.75) is 31.9 Å². The van der Waals surface area contributed by atoms with Crippen LogP contribution in [0.5, 0.6) is 23.0 Å². The summed E-state index contributed by atoms with van der Waals surface area (Å²) < 4.78 is 27.6. The molecule has 2 aromatic rings. The molecule has 2 saturated heterocycles. The first-order valence-electron chi connectivity index (χ1n) is 12.0. The molecule has 0 aliphatic carbocycles. The molecule has 2 unspecified atom stereocenters. The first kappa shape index (κ1) is 26.6. The highest BCUT2D eigenvalue weighted by Gasteiger charge is 2.47. The van der Waals surface area contributed by atoms with Crippen LogP contribution in [0, 0.1) is 0 Å². The van der Waals surface area contributed by atoms with E-state index in [1.54, 1.807) is 18.2 Å². The molecule has 2 atom stereocenters. The highest BCUT2D eigenvalue weighted by molar-refractivity contribution is 6.46. The Morgan fingerprint density at radius 2 is 1.78 bits per heavy atom. The first-order chi connectivity index (χ1) is 17.8. The summed E-state index contributed by atoms with van der Waals surface area (Å²) in [5.74, 6) is -0.433. The summed E-state index contributed by atoms with van der Waals surface area (Å²) >= 11 is 6.33. The summed E-state index contributed by atoms with van der Waals surface area (Å²) in [5, 5.41) is 11.7. The number of aliphatic hydroxyl groups is 1. The van der Waals surface area contributed by atoms with Gasteiger partial charge in [-0.2, -0.15) is 0 Å². The first-order valence-corrected chi connectivity index (χ1v) is 12.3. The zero-order valence-electron chi connectivity index (χ0n) is 21.2. The van der Waals surface area contributed by atoms with Crippen molar-refractivity contribution in [2.24, 2.45) is 0 Å². The number of carbonyl (C=O) groups excluding carboxylic acids is 2. The molecule has 10 heteroatoms. The van der Waals surface area contributed by atoms with Gasteiger partial charge in [0.15, 0.2) is 11.5 Å². The predicted molar refractivity (Wildman–Crippen MR) is 137 cm³/mol. The number of amides is 1. The summed E-state index contributed by atoms with van der Waals surface area (Å²) in [7, 11) is 4.38. The topological polar surface area (TPSA) is 104 Å². The molecule has 0 bridgehead atoms. The third-order valence-corrected chi connectivity index (χ3v) is 6.79. The Labute approximate surface area is 220 Å². The molecular weight excluding hydrogens is 502 g/mol. The highest BCUT2D eigenvalue weighted by Crippen LogP contribution is 2.45. The van der Waals surface area contributed by atoms with Crippen molar-refractivity contribution >= 4 is 29.1 Å². The number of methoxy groups -OCH3 is 3. The molecule has 1 N–H and O–H groups in total. The van der Waals surface area contributed by atoms with Gasteiger partial charge in [-0.3, -0.25) is 9.59 Å². The number of benzene rings is 2. The molecule has 9 nitrogen and oxygen atoms in total. The lowest BCUT2D eigenvalue weighted by atomic mass is 9.94. The van der Waals surface area contributed by atoms with E-state index in [2.05, 4.69) is 0 Å². The summed E-state index contributed by atoms with van der Waals surface area (Å²) in [5.41, 5.74) is 0.637. The van der Waals surface area contributed by atoms with E-state index in [9.17, 15) is 14.7 Å². The van der Waals surface area contributed by atoms with Gasteiger partial charge in [-0.15, -0.1) is 0 Å². The fraction of sp³-hybridized carbons (Fsp3) is 0.407. The molecule has 2 fully saturated rings. The van der Waals surface area contributed by atoms with E-state index in [1.165, 1.54) is 38.4 Å². The molecule has 4 rings (SSSR count). The minimum absolute atomic E-state index is 0.0891. The van der Waals surface area contributed by atoms with Crippen molar-refractivity contribution in [3.8, 4) is 23.0 Å². The number of rotatable bonds is 9. The molecular formula is C27H30ClNO8. The van der Waals surface area contributed by atoms with Gasteiger partial charge in [0.05, 0.1) is 56.2 Å². The van der Waals surface area contributed by atoms with Crippen LogP contribution in [0.4, 0.5) is 0 Å². The molecule has 37 heavy (non-hydrogen) atoms. The second kappa shape index (κ2) is 11.3. The molecule has 0 saturated carbocycles. The second-order valence-electron chi connectivity index (χ2n) is 8.62. The van der Waals surface area contributed by atoms with E-state index in [4.69, 9.17) is 35.3 Å². The van der Waals surface area contributed by atoms with E-state index in [-0.39, 0.29) is 34.6 Å². The number of likely N-dealkylation sites (tertiary alicyclic amines) is 1. The molecule has 1 amide bonds. The SMILES string of the molecule is CCOc1ccc(C2/C(=C(\O)c3cc(Cl)c(OC)cc3OC)C(=O)C(=O)N2CC2CCCO2)cc1OC. The van der Waals surface area contributed by atoms with Crippen LogP contribution in [0.3, 0.4) is 0 Å². The van der Waals surface area contributed by atoms with E-state index < -0.39 is 23.5 Å². The summed E-state index contributed by atoms with van der Waals surface area (Å²) in [4.78, 5) is 28.2. The average Bonchev–Trinajstić information content (AvgIpc) is 3.51. The fourth-order valence-electron chi connectivity index (χ4n) is 4.74. The molecule has 2 aliphatic heterocycles. The van der Waals surface area contributed by atoms with Gasteiger partial charge in [0.1, 0.15) is 17.3 Å². The lowest BCUT2D eigenvalue weighted by molar-refractivity contribution is -0.140. The maximum absolute atomic E-state index is 13.4. The number of halogens is 1. The number of aliphatic hydroxyl groups excluding tert-OH is 1. The highest BCUT2D eigenvalue weighted by atomic mass is 35.5. The third-order valence-electron chi connectivity index (χ3n) is 6.50. The van der Waals surface area contributed by atoms with Gasteiger partial charge in [-0.25, -0.2) is 0 Å². The van der Waals surface area contributed by atoms with Crippen molar-refractivity contribution in [1.82, 2.24) is 4.90 Å². The monoisotopic (exact) mass is 531 g/mol. The molecule has 0 spiro atoms. The van der Waals surface area contributed by atoms with Gasteiger partial charge in [0, 0.05) is 19.2 Å². The zero-order valence-corrected chi connectivity index (χ0v) is 22.0. The number of Topliss-reactive ketones (excluding diaryl/α,β-unsaturated/α-hetero) is 1. The van der Waals surface area contributed by atoms with Gasteiger partial charge in [-0.1, -0.05) is 17.7 Å². The zero-order chi connectivity index (χ0) is 26.7. The minimum atomic E-state index is -0.903. The Balaban J connectivity index is 1.90. The number of carbonyl (C=O) groups is 2. The Kier molecular flexibility index (Phi) is 8.14. The van der Waals surface area contributed by atoms with Crippen molar-refractivity contribution < 1.29 is 38.4 Å². The average molecular weight is 532 g/mol. The molecule has 2 aromatic carbocycles. The van der Waals surface area contributed by atoms with Crippen LogP contribution in [0.25, 0.3) is 5.76 Å². The molecule has 2 aliphatic rings. The van der Waals surface area contributed by atoms with E-state index >= 15 is 0 Å². The molecule has 0 radical (unpaired) electrons. The molecule has 198 valence electrons. The molecule has 0 aromatic heterocycles. The predicted octanol–water partition coefficient (Wildman–Crippen LogP) is 4.37. The lowest BCUT2D eigenvalue weighted by Gasteiger charge is -2.28. The number of hydrogen-bond acceptors (Lipinski definition) is 8. The van der Waals surface area contributed by atoms with Crippen molar-refractivity contribution in [3.63, 3.8) is 0 Å². The number of ketones is 1. The smallest absolute Gasteiger partial charge is 0.295 e. The van der Waals surface area contributed by atoms with E-state index in [0.717, 1.165) is 12.8 Å². The van der Waals surface area contributed by atoms with Crippen molar-refractivity contribution in [2.75, 3.05) is 41.1 Å². The van der Waals surface area contributed by atoms with Crippen LogP contribution < -0.4 is 18.9 Å². The van der Waals surface area contributed by atoms with Crippen LogP contribution in [-0.2, 0) is 14.3 Å². The normalized spacial score (nSPS) is 20.8. The quantitative estimate of drug-likeness (QED) is 0.289. The van der Waals surface area contributed by atoms with Crippen LogP contribution in [0.1, 0.15) is 36.9 Å². The van der Waals surface area contributed by atoms with E-state index in [1.807, 2.05) is 6.92 Å². The van der Waals surface area contributed by atoms with Gasteiger partial charge in [0.2, 0.25) is 0 Å². The third kappa shape index (κ3) is 5.06. The standard InChI is InChI=1S/C27H30ClNO8/c1-5-36-19-9-8-15(11-22(19)35-4)24-23(26(31)27(32)29(24)14-16-7-6-10-37-16)25(30)17-12-18(28)21(34-3)13-20(17)33-2/h8-9,11-13,16,24,30H,5-7,10,14H2,1-4H3/b25-23+. The summed E-state index contributed by atoms with van der Waals surface area (Å²) in [6.45, 7) is 3.09. The molecule has 2 heterocycles. The fourth-order valence-corrected chi connectivity index (χ4v) is 4.98. The maximum atomic E-state index is 13.4.